The summed E-state index contributed by atoms with van der Waals surface area (Å²) in [7, 11) is 0. The molecular formula is C13H16. The lowest BCUT2D eigenvalue weighted by Crippen LogP contribution is -1.88. The summed E-state index contributed by atoms with van der Waals surface area (Å²) in [6, 6.07) is 4.65. The molecule has 0 atom stereocenters. The molecule has 0 saturated heterocycles. The van der Waals surface area contributed by atoms with E-state index in [-0.39, 0.29) is 0 Å². The molecule has 0 amide bonds. The van der Waals surface area contributed by atoms with Crippen LogP contribution >= 0.6 is 0 Å². The number of hydrogen-bond donors (Lipinski definition) is 0. The van der Waals surface area contributed by atoms with Crippen LogP contribution in [0, 0.1) is 13.8 Å². The molecule has 0 radical (unpaired) electrons. The van der Waals surface area contributed by atoms with Crippen LogP contribution in [0.3, 0.4) is 0 Å². The van der Waals surface area contributed by atoms with Crippen LogP contribution in [0.5, 0.6) is 0 Å². The van der Waals surface area contributed by atoms with Gasteiger partial charge in [-0.05, 0) is 48.9 Å². The zero-order chi connectivity index (χ0) is 9.42. The van der Waals surface area contributed by atoms with Crippen molar-refractivity contribution in [3.63, 3.8) is 0 Å². The Hall–Kier alpha value is -1.04. The molecule has 0 saturated carbocycles. The number of hydrogen-bond acceptors (Lipinski definition) is 0. The SMILES string of the molecule is CCC1=Cc2cc(C)c(C)cc2C1. The summed E-state index contributed by atoms with van der Waals surface area (Å²) >= 11 is 0. The van der Waals surface area contributed by atoms with Crippen molar-refractivity contribution in [1.29, 1.82) is 0 Å². The second-order valence-electron chi connectivity index (χ2n) is 3.97. The van der Waals surface area contributed by atoms with Crippen molar-refractivity contribution in [1.82, 2.24) is 0 Å². The number of benzene rings is 1. The Kier molecular flexibility index (Phi) is 1.99. The standard InChI is InChI=1S/C13H16/c1-4-11-7-12-5-9(2)10(3)6-13(12)8-11/h5-7H,4,8H2,1-3H3. The predicted molar refractivity (Wildman–Crippen MR) is 57.9 cm³/mol. The number of rotatable bonds is 1. The van der Waals surface area contributed by atoms with Crippen molar-refractivity contribution >= 4 is 6.08 Å². The first-order valence-electron chi connectivity index (χ1n) is 5.00. The quantitative estimate of drug-likeness (QED) is 0.606. The molecule has 1 aromatic carbocycles. The van der Waals surface area contributed by atoms with Crippen LogP contribution in [0.4, 0.5) is 0 Å². The zero-order valence-electron chi connectivity index (χ0n) is 8.65. The van der Waals surface area contributed by atoms with E-state index in [9.17, 15) is 0 Å². The molecule has 13 heavy (non-hydrogen) atoms. The van der Waals surface area contributed by atoms with Crippen LogP contribution in [0.25, 0.3) is 6.08 Å². The van der Waals surface area contributed by atoms with E-state index in [0.29, 0.717) is 0 Å². The molecule has 0 aliphatic heterocycles. The van der Waals surface area contributed by atoms with Crippen molar-refractivity contribution in [2.45, 2.75) is 33.6 Å². The van der Waals surface area contributed by atoms with E-state index in [1.54, 1.807) is 5.57 Å². The van der Waals surface area contributed by atoms with Gasteiger partial charge in [-0.25, -0.2) is 0 Å². The fraction of sp³-hybridized carbons (Fsp3) is 0.385. The van der Waals surface area contributed by atoms with Crippen molar-refractivity contribution in [3.05, 3.63) is 40.0 Å². The second-order valence-corrected chi connectivity index (χ2v) is 3.97. The number of aryl methyl sites for hydroxylation is 2. The van der Waals surface area contributed by atoms with E-state index in [1.165, 1.54) is 35.1 Å². The van der Waals surface area contributed by atoms with E-state index in [0.717, 1.165) is 0 Å². The average Bonchev–Trinajstić information content (AvgIpc) is 2.48. The van der Waals surface area contributed by atoms with Gasteiger partial charge in [0.2, 0.25) is 0 Å². The Bertz CT molecular complexity index is 370. The Labute approximate surface area is 80.3 Å². The minimum Gasteiger partial charge on any atom is -0.0655 e. The molecule has 0 nitrogen and oxygen atoms in total. The highest BCUT2D eigenvalue weighted by molar-refractivity contribution is 5.65. The van der Waals surface area contributed by atoms with Gasteiger partial charge in [0.15, 0.2) is 0 Å². The first-order chi connectivity index (χ1) is 6.20. The van der Waals surface area contributed by atoms with E-state index in [2.05, 4.69) is 39.0 Å². The summed E-state index contributed by atoms with van der Waals surface area (Å²) in [5, 5.41) is 0. The van der Waals surface area contributed by atoms with Crippen LogP contribution in [0.15, 0.2) is 17.7 Å². The second kappa shape index (κ2) is 3.02. The van der Waals surface area contributed by atoms with Gasteiger partial charge in [-0.1, -0.05) is 30.7 Å². The van der Waals surface area contributed by atoms with Gasteiger partial charge in [0, 0.05) is 0 Å². The first kappa shape index (κ1) is 8.55. The van der Waals surface area contributed by atoms with Gasteiger partial charge in [0.1, 0.15) is 0 Å². The van der Waals surface area contributed by atoms with Gasteiger partial charge in [-0.15, -0.1) is 0 Å². The Morgan fingerprint density at radius 2 is 1.85 bits per heavy atom. The van der Waals surface area contributed by atoms with Crippen molar-refractivity contribution in [3.8, 4) is 0 Å². The van der Waals surface area contributed by atoms with Gasteiger partial charge in [0.05, 0.1) is 0 Å². The summed E-state index contributed by atoms with van der Waals surface area (Å²) in [5.74, 6) is 0. The highest BCUT2D eigenvalue weighted by Crippen LogP contribution is 2.28. The molecular weight excluding hydrogens is 156 g/mol. The fourth-order valence-corrected chi connectivity index (χ4v) is 1.93. The molecule has 1 aliphatic carbocycles. The molecule has 2 rings (SSSR count). The molecule has 0 fully saturated rings. The lowest BCUT2D eigenvalue weighted by atomic mass is 10.0. The third-order valence-corrected chi connectivity index (χ3v) is 2.99. The van der Waals surface area contributed by atoms with Gasteiger partial charge in [-0.3, -0.25) is 0 Å². The van der Waals surface area contributed by atoms with Gasteiger partial charge in [-0.2, -0.15) is 0 Å². The maximum Gasteiger partial charge on any atom is -0.00578 e. The number of fused-ring (bicyclic) bond motifs is 1. The minimum atomic E-state index is 1.17. The third kappa shape index (κ3) is 1.41. The third-order valence-electron chi connectivity index (χ3n) is 2.99. The largest absolute Gasteiger partial charge is 0.0655 e. The molecule has 0 bridgehead atoms. The predicted octanol–water partition coefficient (Wildman–Crippen LogP) is 3.65. The van der Waals surface area contributed by atoms with Gasteiger partial charge >= 0.3 is 0 Å². The highest BCUT2D eigenvalue weighted by atomic mass is 14.2. The van der Waals surface area contributed by atoms with Gasteiger partial charge < -0.3 is 0 Å². The minimum absolute atomic E-state index is 1.17. The molecule has 0 heteroatoms. The molecule has 0 aromatic heterocycles. The number of allylic oxidation sites excluding steroid dienone is 1. The van der Waals surface area contributed by atoms with Crippen LogP contribution < -0.4 is 0 Å². The van der Waals surface area contributed by atoms with E-state index in [1.807, 2.05) is 0 Å². The molecule has 68 valence electrons. The lowest BCUT2D eigenvalue weighted by molar-refractivity contribution is 1.04. The van der Waals surface area contributed by atoms with Gasteiger partial charge in [0.25, 0.3) is 0 Å². The summed E-state index contributed by atoms with van der Waals surface area (Å²) in [6.45, 7) is 6.62. The van der Waals surface area contributed by atoms with E-state index < -0.39 is 0 Å². The lowest BCUT2D eigenvalue weighted by Gasteiger charge is -2.04. The Morgan fingerprint density at radius 3 is 2.54 bits per heavy atom. The highest BCUT2D eigenvalue weighted by Gasteiger charge is 2.11. The van der Waals surface area contributed by atoms with Crippen LogP contribution in [0.1, 0.15) is 35.6 Å². The first-order valence-corrected chi connectivity index (χ1v) is 5.00. The van der Waals surface area contributed by atoms with Crippen LogP contribution in [0.2, 0.25) is 0 Å². The molecule has 0 spiro atoms. The molecule has 0 N–H and O–H groups in total. The van der Waals surface area contributed by atoms with E-state index in [4.69, 9.17) is 0 Å². The topological polar surface area (TPSA) is 0 Å². The summed E-state index contributed by atoms with van der Waals surface area (Å²) < 4.78 is 0. The Balaban J connectivity index is 2.46. The Morgan fingerprint density at radius 1 is 1.15 bits per heavy atom. The molecule has 0 heterocycles. The van der Waals surface area contributed by atoms with Crippen molar-refractivity contribution < 1.29 is 0 Å². The summed E-state index contributed by atoms with van der Waals surface area (Å²) in [4.78, 5) is 0. The summed E-state index contributed by atoms with van der Waals surface area (Å²) in [5.41, 5.74) is 7.36. The molecule has 1 aromatic rings. The smallest absolute Gasteiger partial charge is 0.00578 e. The summed E-state index contributed by atoms with van der Waals surface area (Å²) in [6.07, 6.45) is 4.71. The fourth-order valence-electron chi connectivity index (χ4n) is 1.93. The van der Waals surface area contributed by atoms with Crippen LogP contribution in [-0.4, -0.2) is 0 Å². The van der Waals surface area contributed by atoms with Crippen molar-refractivity contribution in [2.75, 3.05) is 0 Å². The normalized spacial score (nSPS) is 14.2. The van der Waals surface area contributed by atoms with E-state index >= 15 is 0 Å². The maximum atomic E-state index is 2.35. The van der Waals surface area contributed by atoms with Crippen LogP contribution in [-0.2, 0) is 6.42 Å². The zero-order valence-corrected chi connectivity index (χ0v) is 8.65. The molecule has 1 aliphatic rings. The average molecular weight is 172 g/mol. The van der Waals surface area contributed by atoms with Crippen molar-refractivity contribution in [2.24, 2.45) is 0 Å². The molecule has 0 unspecified atom stereocenters. The monoisotopic (exact) mass is 172 g/mol. The maximum absolute atomic E-state index is 2.35.